The second-order valence-electron chi connectivity index (χ2n) is 8.16. The summed E-state index contributed by atoms with van der Waals surface area (Å²) in [7, 11) is 0. The van der Waals surface area contributed by atoms with Crippen molar-refractivity contribution in [1.82, 2.24) is 20.9 Å². The van der Waals surface area contributed by atoms with Crippen LogP contribution in [0.25, 0.3) is 0 Å². The van der Waals surface area contributed by atoms with Crippen LogP contribution in [0.2, 0.25) is 0 Å². The van der Waals surface area contributed by atoms with Crippen LogP contribution in [0.5, 0.6) is 0 Å². The van der Waals surface area contributed by atoms with Crippen LogP contribution < -0.4 is 16.0 Å². The maximum Gasteiger partial charge on any atom is 0.326 e. The first kappa shape index (κ1) is 21.1. The predicted molar refractivity (Wildman–Crippen MR) is 100 cm³/mol. The van der Waals surface area contributed by atoms with Gasteiger partial charge in [0.1, 0.15) is 12.1 Å². The summed E-state index contributed by atoms with van der Waals surface area (Å²) in [6.45, 7) is 0.825. The molecule has 1 aliphatic heterocycles. The van der Waals surface area contributed by atoms with Gasteiger partial charge in [-0.15, -0.1) is 0 Å². The number of nitrogens with zero attached hydrogens (tertiary/aromatic N) is 1. The lowest BCUT2D eigenvalue weighted by Gasteiger charge is -2.29. The Labute approximate surface area is 169 Å². The molecule has 0 aromatic heterocycles. The van der Waals surface area contributed by atoms with Crippen LogP contribution in [0.3, 0.4) is 0 Å². The van der Waals surface area contributed by atoms with Gasteiger partial charge < -0.3 is 15.4 Å². The molecule has 29 heavy (non-hydrogen) atoms. The molecule has 0 radical (unpaired) electrons. The summed E-state index contributed by atoms with van der Waals surface area (Å²) in [5, 5.41) is 7.56. The Bertz CT molecular complexity index is 703. The van der Waals surface area contributed by atoms with Crippen molar-refractivity contribution in [1.29, 1.82) is 0 Å². The molecular formula is C19H28N4O6. The van der Waals surface area contributed by atoms with Crippen molar-refractivity contribution in [2.45, 2.75) is 69.9 Å². The van der Waals surface area contributed by atoms with Gasteiger partial charge >= 0.3 is 18.0 Å². The monoisotopic (exact) mass is 408 g/mol. The quantitative estimate of drug-likeness (QED) is 0.455. The number of hydrogen-bond acceptors (Lipinski definition) is 6. The average molecular weight is 408 g/mol. The van der Waals surface area contributed by atoms with E-state index in [2.05, 4.69) is 22.9 Å². The molecule has 160 valence electrons. The highest BCUT2D eigenvalue weighted by Crippen LogP contribution is 2.34. The third-order valence-corrected chi connectivity index (χ3v) is 6.04. The van der Waals surface area contributed by atoms with Gasteiger partial charge in [0.2, 0.25) is 0 Å². The van der Waals surface area contributed by atoms with Gasteiger partial charge in [-0.2, -0.15) is 0 Å². The smallest absolute Gasteiger partial charge is 0.326 e. The van der Waals surface area contributed by atoms with Crippen LogP contribution in [-0.2, 0) is 19.1 Å². The minimum atomic E-state index is -0.900. The van der Waals surface area contributed by atoms with Crippen LogP contribution in [0.1, 0.15) is 58.3 Å². The molecule has 2 saturated carbocycles. The largest absolute Gasteiger partial charge is 0.454 e. The molecular weight excluding hydrogens is 380 g/mol. The standard InChI is InChI=1S/C19H28N4O6/c1-12-6-2-3-7-13(12)20-17(27)21-14(24)11-29-15(25)10-23-16(26)19(22-18(23)28)8-4-5-9-19/h12-13H,2-11H2,1H3,(H,22,28)(H2,20,21,24,27)/t12-,13+/m1/s1. The van der Waals surface area contributed by atoms with E-state index in [1.807, 2.05) is 0 Å². The lowest BCUT2D eigenvalue weighted by Crippen LogP contribution is -2.48. The first-order valence-electron chi connectivity index (χ1n) is 10.2. The normalized spacial score (nSPS) is 25.6. The van der Waals surface area contributed by atoms with E-state index in [1.165, 1.54) is 0 Å². The number of hydrogen-bond donors (Lipinski definition) is 3. The number of imide groups is 2. The number of esters is 1. The molecule has 10 heteroatoms. The molecule has 1 spiro atoms. The second kappa shape index (κ2) is 8.79. The highest BCUT2D eigenvalue weighted by molar-refractivity contribution is 6.09. The number of carbonyl (C=O) groups is 5. The number of nitrogens with one attached hydrogen (secondary N) is 3. The zero-order valence-corrected chi connectivity index (χ0v) is 16.6. The van der Waals surface area contributed by atoms with E-state index in [0.29, 0.717) is 18.8 Å². The molecule has 10 nitrogen and oxygen atoms in total. The maximum absolute atomic E-state index is 12.5. The van der Waals surface area contributed by atoms with Gasteiger partial charge in [0.25, 0.3) is 11.8 Å². The van der Waals surface area contributed by atoms with Gasteiger partial charge in [0, 0.05) is 6.04 Å². The predicted octanol–water partition coefficient (Wildman–Crippen LogP) is 0.799. The maximum atomic E-state index is 12.5. The van der Waals surface area contributed by atoms with E-state index < -0.39 is 48.5 Å². The molecule has 3 fully saturated rings. The van der Waals surface area contributed by atoms with Gasteiger partial charge in [-0.3, -0.25) is 24.6 Å². The second-order valence-corrected chi connectivity index (χ2v) is 8.16. The summed E-state index contributed by atoms with van der Waals surface area (Å²) in [4.78, 5) is 61.1. The molecule has 2 atom stereocenters. The molecule has 3 aliphatic rings. The number of ether oxygens (including phenoxy) is 1. The fourth-order valence-electron chi connectivity index (χ4n) is 4.36. The third-order valence-electron chi connectivity index (χ3n) is 6.04. The molecule has 3 N–H and O–H groups in total. The minimum Gasteiger partial charge on any atom is -0.454 e. The Hall–Kier alpha value is -2.65. The Morgan fingerprint density at radius 1 is 1.14 bits per heavy atom. The van der Waals surface area contributed by atoms with E-state index in [4.69, 9.17) is 4.74 Å². The summed E-state index contributed by atoms with van der Waals surface area (Å²) in [6, 6.07) is -1.23. The summed E-state index contributed by atoms with van der Waals surface area (Å²) >= 11 is 0. The van der Waals surface area contributed by atoms with Crippen LogP contribution in [-0.4, -0.2) is 59.5 Å². The van der Waals surface area contributed by atoms with Crippen molar-refractivity contribution in [3.05, 3.63) is 0 Å². The zero-order chi connectivity index (χ0) is 21.0. The number of rotatable bonds is 5. The topological polar surface area (TPSA) is 134 Å². The number of urea groups is 2. The fourth-order valence-corrected chi connectivity index (χ4v) is 4.36. The summed E-state index contributed by atoms with van der Waals surface area (Å²) < 4.78 is 4.82. The van der Waals surface area contributed by atoms with E-state index in [9.17, 15) is 24.0 Å². The van der Waals surface area contributed by atoms with Gasteiger partial charge in [0.05, 0.1) is 0 Å². The molecule has 0 bridgehead atoms. The molecule has 0 unspecified atom stereocenters. The summed E-state index contributed by atoms with van der Waals surface area (Å²) in [5.41, 5.74) is -0.900. The fraction of sp³-hybridized carbons (Fsp3) is 0.737. The number of carbonyl (C=O) groups excluding carboxylic acids is 5. The van der Waals surface area contributed by atoms with Crippen molar-refractivity contribution in [2.75, 3.05) is 13.2 Å². The summed E-state index contributed by atoms with van der Waals surface area (Å²) in [6.07, 6.45) is 6.85. The van der Waals surface area contributed by atoms with Crippen molar-refractivity contribution < 1.29 is 28.7 Å². The Morgan fingerprint density at radius 2 is 1.83 bits per heavy atom. The van der Waals surface area contributed by atoms with Gasteiger partial charge in [-0.1, -0.05) is 32.6 Å². The van der Waals surface area contributed by atoms with Crippen molar-refractivity contribution in [3.8, 4) is 0 Å². The lowest BCUT2D eigenvalue weighted by molar-refractivity contribution is -0.150. The van der Waals surface area contributed by atoms with Gasteiger partial charge in [0.15, 0.2) is 6.61 Å². The highest BCUT2D eigenvalue weighted by atomic mass is 16.5. The molecule has 0 aromatic carbocycles. The minimum absolute atomic E-state index is 0.0155. The van der Waals surface area contributed by atoms with E-state index in [0.717, 1.165) is 43.4 Å². The third kappa shape index (κ3) is 4.86. The number of amides is 6. The first-order chi connectivity index (χ1) is 13.8. The van der Waals surface area contributed by atoms with Crippen molar-refractivity contribution >= 4 is 29.8 Å². The Morgan fingerprint density at radius 3 is 2.52 bits per heavy atom. The van der Waals surface area contributed by atoms with E-state index in [1.54, 1.807) is 0 Å². The first-order valence-corrected chi connectivity index (χ1v) is 10.2. The van der Waals surface area contributed by atoms with Crippen molar-refractivity contribution in [3.63, 3.8) is 0 Å². The van der Waals surface area contributed by atoms with E-state index in [-0.39, 0.29) is 6.04 Å². The average Bonchev–Trinajstić information content (AvgIpc) is 3.23. The Kier molecular flexibility index (Phi) is 6.39. The lowest BCUT2D eigenvalue weighted by atomic mass is 9.86. The van der Waals surface area contributed by atoms with Crippen LogP contribution in [0.15, 0.2) is 0 Å². The van der Waals surface area contributed by atoms with Gasteiger partial charge in [-0.25, -0.2) is 9.59 Å². The van der Waals surface area contributed by atoms with Crippen LogP contribution >= 0.6 is 0 Å². The van der Waals surface area contributed by atoms with Crippen LogP contribution in [0.4, 0.5) is 9.59 Å². The zero-order valence-electron chi connectivity index (χ0n) is 16.6. The van der Waals surface area contributed by atoms with Crippen molar-refractivity contribution in [2.24, 2.45) is 5.92 Å². The highest BCUT2D eigenvalue weighted by Gasteiger charge is 2.52. The summed E-state index contributed by atoms with van der Waals surface area (Å²) in [5.74, 6) is -1.75. The Balaban J connectivity index is 1.40. The van der Waals surface area contributed by atoms with E-state index >= 15 is 0 Å². The van der Waals surface area contributed by atoms with Gasteiger partial charge in [-0.05, 0) is 31.6 Å². The molecule has 1 saturated heterocycles. The molecule has 3 rings (SSSR count). The SMILES string of the molecule is C[C@@H]1CCCC[C@@H]1NC(=O)NC(=O)COC(=O)CN1C(=O)NC2(CCCC2)C1=O. The molecule has 6 amide bonds. The molecule has 2 aliphatic carbocycles. The molecule has 1 heterocycles. The molecule has 0 aromatic rings. The van der Waals surface area contributed by atoms with Crippen LogP contribution in [0, 0.1) is 5.92 Å².